The maximum Gasteiger partial charge on any atom is 0.131 e. The number of nitrogens with zero attached hydrogens (tertiary/aromatic N) is 2. The monoisotopic (exact) mass is 204 g/mol. The maximum atomic E-state index is 13.2. The summed E-state index contributed by atoms with van der Waals surface area (Å²) in [6.07, 6.45) is 0. The van der Waals surface area contributed by atoms with Gasteiger partial charge in [0, 0.05) is 18.5 Å². The van der Waals surface area contributed by atoms with Gasteiger partial charge in [-0.2, -0.15) is 5.26 Å². The Labute approximate surface area is 86.3 Å². The van der Waals surface area contributed by atoms with Gasteiger partial charge >= 0.3 is 0 Å². The maximum absolute atomic E-state index is 13.2. The molecule has 0 atom stereocenters. The third-order valence-corrected chi connectivity index (χ3v) is 2.42. The van der Waals surface area contributed by atoms with Crippen molar-refractivity contribution in [3.8, 4) is 11.8 Å². The minimum Gasteiger partial charge on any atom is -0.496 e. The number of hydrogen-bond donors (Lipinski definition) is 0. The second-order valence-electron chi connectivity index (χ2n) is 3.24. The zero-order chi connectivity index (χ0) is 11.0. The molecular weight excluding hydrogens is 195 g/mol. The van der Waals surface area contributed by atoms with Gasteiger partial charge in [-0.05, 0) is 12.1 Å². The fourth-order valence-corrected chi connectivity index (χ4v) is 1.64. The second kappa shape index (κ2) is 3.28. The molecule has 0 unspecified atom stereocenters. The molecule has 0 saturated heterocycles. The van der Waals surface area contributed by atoms with E-state index in [2.05, 4.69) is 0 Å². The Hall–Kier alpha value is -2.02. The topological polar surface area (TPSA) is 37.9 Å². The lowest BCUT2D eigenvalue weighted by Crippen LogP contribution is -1.91. The quantitative estimate of drug-likeness (QED) is 0.714. The molecule has 0 aliphatic rings. The summed E-state index contributed by atoms with van der Waals surface area (Å²) in [7, 11) is 3.20. The highest BCUT2D eigenvalue weighted by Crippen LogP contribution is 2.29. The average molecular weight is 204 g/mol. The molecule has 0 amide bonds. The van der Waals surface area contributed by atoms with Crippen molar-refractivity contribution < 1.29 is 9.13 Å². The van der Waals surface area contributed by atoms with Crippen LogP contribution in [0.3, 0.4) is 0 Å². The molecule has 0 fully saturated rings. The molecule has 15 heavy (non-hydrogen) atoms. The van der Waals surface area contributed by atoms with Crippen LogP contribution in [0, 0.1) is 17.1 Å². The van der Waals surface area contributed by atoms with Gasteiger partial charge in [0.05, 0.1) is 12.6 Å². The number of benzene rings is 1. The molecular formula is C11H9FN2O. The van der Waals surface area contributed by atoms with Crippen molar-refractivity contribution in [3.63, 3.8) is 0 Å². The van der Waals surface area contributed by atoms with E-state index in [1.807, 2.05) is 6.07 Å². The van der Waals surface area contributed by atoms with E-state index in [4.69, 9.17) is 10.00 Å². The van der Waals surface area contributed by atoms with Gasteiger partial charge in [-0.3, -0.25) is 0 Å². The summed E-state index contributed by atoms with van der Waals surface area (Å²) in [6.45, 7) is 0. The molecule has 0 spiro atoms. The van der Waals surface area contributed by atoms with Crippen molar-refractivity contribution in [1.82, 2.24) is 4.57 Å². The van der Waals surface area contributed by atoms with Crippen molar-refractivity contribution in [2.45, 2.75) is 0 Å². The number of hydrogen-bond acceptors (Lipinski definition) is 2. The van der Waals surface area contributed by atoms with Crippen LogP contribution in [0.2, 0.25) is 0 Å². The first-order valence-electron chi connectivity index (χ1n) is 4.40. The predicted octanol–water partition coefficient (Wildman–Crippen LogP) is 2.20. The SMILES string of the molecule is COc1cc(F)cc2c1cc(C#N)n2C. The van der Waals surface area contributed by atoms with Crippen LogP contribution in [-0.2, 0) is 7.05 Å². The summed E-state index contributed by atoms with van der Waals surface area (Å²) in [5, 5.41) is 9.60. The summed E-state index contributed by atoms with van der Waals surface area (Å²) in [5.74, 6) is 0.0761. The van der Waals surface area contributed by atoms with E-state index in [1.165, 1.54) is 19.2 Å². The zero-order valence-electron chi connectivity index (χ0n) is 8.41. The number of rotatable bonds is 1. The molecule has 4 heteroatoms. The second-order valence-corrected chi connectivity index (χ2v) is 3.24. The Morgan fingerprint density at radius 2 is 2.13 bits per heavy atom. The first-order valence-corrected chi connectivity index (χ1v) is 4.40. The van der Waals surface area contributed by atoms with Gasteiger partial charge in [-0.25, -0.2) is 4.39 Å². The van der Waals surface area contributed by atoms with Gasteiger partial charge in [-0.15, -0.1) is 0 Å². The van der Waals surface area contributed by atoms with Crippen molar-refractivity contribution >= 4 is 10.9 Å². The van der Waals surface area contributed by atoms with Gasteiger partial charge < -0.3 is 9.30 Å². The molecule has 1 aromatic heterocycles. The number of ether oxygens (including phenoxy) is 1. The molecule has 0 N–H and O–H groups in total. The number of aryl methyl sites for hydroxylation is 1. The standard InChI is InChI=1S/C11H9FN2O/c1-14-8(6-13)5-9-10(14)3-7(12)4-11(9)15-2/h3-5H,1-2H3. The zero-order valence-corrected chi connectivity index (χ0v) is 8.41. The highest BCUT2D eigenvalue weighted by atomic mass is 19.1. The van der Waals surface area contributed by atoms with E-state index in [0.29, 0.717) is 17.0 Å². The number of fused-ring (bicyclic) bond motifs is 1. The minimum atomic E-state index is -0.370. The van der Waals surface area contributed by atoms with Crippen LogP contribution in [-0.4, -0.2) is 11.7 Å². The largest absolute Gasteiger partial charge is 0.496 e. The smallest absolute Gasteiger partial charge is 0.131 e. The fraction of sp³-hybridized carbons (Fsp3) is 0.182. The van der Waals surface area contributed by atoms with Gasteiger partial charge in [0.2, 0.25) is 0 Å². The lowest BCUT2D eigenvalue weighted by atomic mass is 10.2. The molecule has 0 saturated carbocycles. The molecule has 0 aliphatic carbocycles. The van der Waals surface area contributed by atoms with Crippen LogP contribution >= 0.6 is 0 Å². The molecule has 3 nitrogen and oxygen atoms in total. The molecule has 1 aromatic carbocycles. The van der Waals surface area contributed by atoms with Crippen LogP contribution in [0.1, 0.15) is 5.69 Å². The third-order valence-electron chi connectivity index (χ3n) is 2.42. The first kappa shape index (κ1) is 9.53. The third kappa shape index (κ3) is 1.33. The number of aromatic nitrogens is 1. The first-order chi connectivity index (χ1) is 7.17. The van der Waals surface area contributed by atoms with Crippen molar-refractivity contribution in [3.05, 3.63) is 29.7 Å². The van der Waals surface area contributed by atoms with Crippen LogP contribution in [0.5, 0.6) is 5.75 Å². The van der Waals surface area contributed by atoms with E-state index >= 15 is 0 Å². The van der Waals surface area contributed by atoms with Crippen molar-refractivity contribution in [2.75, 3.05) is 7.11 Å². The van der Waals surface area contributed by atoms with Gasteiger partial charge in [-0.1, -0.05) is 0 Å². The van der Waals surface area contributed by atoms with E-state index < -0.39 is 0 Å². The van der Waals surface area contributed by atoms with Crippen molar-refractivity contribution in [1.29, 1.82) is 5.26 Å². The molecule has 0 bridgehead atoms. The Morgan fingerprint density at radius 1 is 1.40 bits per heavy atom. The highest BCUT2D eigenvalue weighted by Gasteiger charge is 2.11. The van der Waals surface area contributed by atoms with E-state index in [0.717, 1.165) is 5.39 Å². The number of methoxy groups -OCH3 is 1. The Balaban J connectivity index is 2.89. The molecule has 76 valence electrons. The fourth-order valence-electron chi connectivity index (χ4n) is 1.64. The summed E-state index contributed by atoms with van der Waals surface area (Å²) in [6, 6.07) is 6.43. The summed E-state index contributed by atoms with van der Waals surface area (Å²) < 4.78 is 19.9. The summed E-state index contributed by atoms with van der Waals surface area (Å²) in [4.78, 5) is 0. The molecule has 2 rings (SSSR count). The van der Waals surface area contributed by atoms with Crippen LogP contribution in [0.25, 0.3) is 10.9 Å². The van der Waals surface area contributed by atoms with Gasteiger partial charge in [0.15, 0.2) is 0 Å². The van der Waals surface area contributed by atoms with Crippen LogP contribution in [0.15, 0.2) is 18.2 Å². The summed E-state index contributed by atoms with van der Waals surface area (Å²) in [5.41, 5.74) is 1.14. The van der Waals surface area contributed by atoms with Crippen LogP contribution < -0.4 is 4.74 Å². The number of nitriles is 1. The van der Waals surface area contributed by atoms with Crippen molar-refractivity contribution in [2.24, 2.45) is 7.05 Å². The minimum absolute atomic E-state index is 0.370. The molecule has 2 aromatic rings. The van der Waals surface area contributed by atoms with E-state index in [1.54, 1.807) is 17.7 Å². The normalized spacial score (nSPS) is 10.3. The lowest BCUT2D eigenvalue weighted by Gasteiger charge is -2.03. The molecule has 0 aliphatic heterocycles. The lowest BCUT2D eigenvalue weighted by molar-refractivity contribution is 0.416. The van der Waals surface area contributed by atoms with E-state index in [9.17, 15) is 4.39 Å². The Bertz CT molecular complexity index is 566. The van der Waals surface area contributed by atoms with Gasteiger partial charge in [0.25, 0.3) is 0 Å². The highest BCUT2D eigenvalue weighted by molar-refractivity contribution is 5.88. The molecule has 0 radical (unpaired) electrons. The van der Waals surface area contributed by atoms with Gasteiger partial charge in [0.1, 0.15) is 23.3 Å². The Morgan fingerprint density at radius 3 is 2.73 bits per heavy atom. The Kier molecular flexibility index (Phi) is 2.09. The average Bonchev–Trinajstić information content (AvgIpc) is 2.55. The predicted molar refractivity (Wildman–Crippen MR) is 54.1 cm³/mol. The van der Waals surface area contributed by atoms with E-state index in [-0.39, 0.29) is 5.82 Å². The van der Waals surface area contributed by atoms with Crippen LogP contribution in [0.4, 0.5) is 4.39 Å². The summed E-state index contributed by atoms with van der Waals surface area (Å²) >= 11 is 0. The molecule has 1 heterocycles. The number of halogens is 1.